The van der Waals surface area contributed by atoms with Crippen molar-refractivity contribution >= 4 is 19.7 Å². The predicted octanol–water partition coefficient (Wildman–Crippen LogP) is 2.10. The summed E-state index contributed by atoms with van der Waals surface area (Å²) in [6, 6.07) is 10.5. The fourth-order valence-corrected chi connectivity index (χ4v) is 4.14. The fraction of sp³-hybridized carbons (Fsp3) is 0.357. The van der Waals surface area contributed by atoms with Crippen LogP contribution in [0.15, 0.2) is 42.5 Å². The second-order valence-electron chi connectivity index (χ2n) is 3.90. The average Bonchev–Trinajstić information content (AvgIpc) is 2.45. The Labute approximate surface area is 115 Å². The van der Waals surface area contributed by atoms with Crippen LogP contribution in [0.4, 0.5) is 0 Å². The zero-order valence-electron chi connectivity index (χ0n) is 11.6. The van der Waals surface area contributed by atoms with Gasteiger partial charge in [-0.2, -0.15) is 0 Å². The Morgan fingerprint density at radius 3 is 2.53 bits per heavy atom. The Morgan fingerprint density at radius 2 is 2.00 bits per heavy atom. The van der Waals surface area contributed by atoms with Crippen LogP contribution in [-0.4, -0.2) is 28.4 Å². The molecule has 1 unspecified atom stereocenters. The van der Waals surface area contributed by atoms with E-state index in [9.17, 15) is 4.79 Å². The lowest BCUT2D eigenvalue weighted by Crippen LogP contribution is -2.53. The van der Waals surface area contributed by atoms with Crippen molar-refractivity contribution < 1.29 is 18.4 Å². The highest BCUT2D eigenvalue weighted by molar-refractivity contribution is 6.81. The molecule has 19 heavy (non-hydrogen) atoms. The first-order valence-corrected chi connectivity index (χ1v) is 8.25. The van der Waals surface area contributed by atoms with E-state index in [4.69, 9.17) is 13.6 Å². The van der Waals surface area contributed by atoms with E-state index < -0.39 is 14.5 Å². The third kappa shape index (κ3) is 4.31. The first-order chi connectivity index (χ1) is 9.18. The molecule has 0 aliphatic carbocycles. The lowest BCUT2D eigenvalue weighted by Gasteiger charge is -2.27. The van der Waals surface area contributed by atoms with Gasteiger partial charge in [0.15, 0.2) is 6.79 Å². The Hall–Kier alpha value is -1.43. The van der Waals surface area contributed by atoms with Crippen LogP contribution in [0.1, 0.15) is 13.8 Å². The molecular weight excluding hydrogens is 260 g/mol. The van der Waals surface area contributed by atoms with Crippen LogP contribution in [0.2, 0.25) is 6.04 Å². The molecule has 1 aromatic rings. The Balaban J connectivity index is 2.70. The van der Waals surface area contributed by atoms with Crippen molar-refractivity contribution in [1.29, 1.82) is 0 Å². The maximum absolute atomic E-state index is 11.2. The molecule has 1 rings (SSSR count). The Kier molecular flexibility index (Phi) is 6.48. The smallest absolute Gasteiger partial charge is 0.374 e. The van der Waals surface area contributed by atoms with Crippen LogP contribution in [0.25, 0.3) is 0 Å². The molecular formula is C14H20O4Si. The van der Waals surface area contributed by atoms with Gasteiger partial charge < -0.3 is 13.6 Å². The van der Waals surface area contributed by atoms with E-state index in [1.54, 1.807) is 20.1 Å². The van der Waals surface area contributed by atoms with Gasteiger partial charge >= 0.3 is 14.5 Å². The third-order valence-electron chi connectivity index (χ3n) is 2.80. The van der Waals surface area contributed by atoms with E-state index in [0.717, 1.165) is 11.2 Å². The van der Waals surface area contributed by atoms with Gasteiger partial charge in [-0.1, -0.05) is 43.3 Å². The molecule has 104 valence electrons. The third-order valence-corrected chi connectivity index (χ3v) is 6.19. The summed E-state index contributed by atoms with van der Waals surface area (Å²) in [5.41, 5.74) is 0. The van der Waals surface area contributed by atoms with Crippen molar-refractivity contribution in [2.24, 2.45) is 0 Å². The molecule has 1 aromatic carbocycles. The number of benzene rings is 1. The summed E-state index contributed by atoms with van der Waals surface area (Å²) in [4.78, 5) is 11.2. The molecule has 0 bridgehead atoms. The van der Waals surface area contributed by atoms with E-state index in [2.05, 4.69) is 0 Å². The number of carbonyl (C=O) groups excluding carboxylic acids is 1. The van der Waals surface area contributed by atoms with Crippen LogP contribution >= 0.6 is 0 Å². The lowest BCUT2D eigenvalue weighted by atomic mass is 10.4. The van der Waals surface area contributed by atoms with Crippen LogP contribution in [0, 0.1) is 0 Å². The summed E-state index contributed by atoms with van der Waals surface area (Å²) < 4.78 is 16.4. The van der Waals surface area contributed by atoms with Gasteiger partial charge in [0, 0.05) is 13.2 Å². The van der Waals surface area contributed by atoms with Crippen LogP contribution < -0.4 is 5.19 Å². The number of hydrogen-bond donors (Lipinski definition) is 0. The minimum absolute atomic E-state index is 0.0913. The van der Waals surface area contributed by atoms with Crippen molar-refractivity contribution in [3.8, 4) is 0 Å². The highest BCUT2D eigenvalue weighted by Crippen LogP contribution is 2.12. The van der Waals surface area contributed by atoms with Crippen molar-refractivity contribution in [2.45, 2.75) is 19.9 Å². The van der Waals surface area contributed by atoms with Gasteiger partial charge in [-0.15, -0.1) is 0 Å². The topological polar surface area (TPSA) is 44.8 Å². The van der Waals surface area contributed by atoms with E-state index in [-0.39, 0.29) is 6.79 Å². The summed E-state index contributed by atoms with van der Waals surface area (Å²) >= 11 is 0. The maximum Gasteiger partial charge on any atom is 0.374 e. The first kappa shape index (κ1) is 15.6. The predicted molar refractivity (Wildman–Crippen MR) is 76.2 cm³/mol. The van der Waals surface area contributed by atoms with Crippen LogP contribution in [0.5, 0.6) is 0 Å². The second-order valence-corrected chi connectivity index (χ2v) is 7.39. The van der Waals surface area contributed by atoms with Gasteiger partial charge in [0.2, 0.25) is 0 Å². The summed E-state index contributed by atoms with van der Waals surface area (Å²) in [5.74, 6) is -0.411. The molecule has 0 radical (unpaired) electrons. The first-order valence-electron chi connectivity index (χ1n) is 6.22. The van der Waals surface area contributed by atoms with Gasteiger partial charge in [-0.25, -0.2) is 4.79 Å². The number of carbonyl (C=O) groups is 1. The summed E-state index contributed by atoms with van der Waals surface area (Å²) in [7, 11) is -0.875. The number of hydrogen-bond acceptors (Lipinski definition) is 4. The van der Waals surface area contributed by atoms with Crippen LogP contribution in [0.3, 0.4) is 0 Å². The molecule has 0 spiro atoms. The molecule has 0 N–H and O–H groups in total. The summed E-state index contributed by atoms with van der Waals surface area (Å²) in [5, 5.41) is 1.03. The van der Waals surface area contributed by atoms with E-state index in [0.29, 0.717) is 0 Å². The molecule has 0 heterocycles. The van der Waals surface area contributed by atoms with Crippen LogP contribution in [-0.2, 0) is 18.4 Å². The zero-order chi connectivity index (χ0) is 14.1. The van der Waals surface area contributed by atoms with E-state index in [1.165, 1.54) is 6.08 Å². The van der Waals surface area contributed by atoms with Crippen molar-refractivity contribution in [1.82, 2.24) is 0 Å². The molecule has 4 nitrogen and oxygen atoms in total. The summed E-state index contributed by atoms with van der Waals surface area (Å²) in [6.07, 6.45) is 2.98. The van der Waals surface area contributed by atoms with E-state index in [1.807, 2.05) is 37.3 Å². The minimum atomic E-state index is -2.51. The Morgan fingerprint density at radius 1 is 1.32 bits per heavy atom. The zero-order valence-corrected chi connectivity index (χ0v) is 12.6. The van der Waals surface area contributed by atoms with Crippen molar-refractivity contribution in [2.75, 3.05) is 13.9 Å². The Bertz CT molecular complexity index is 413. The van der Waals surface area contributed by atoms with E-state index >= 15 is 0 Å². The van der Waals surface area contributed by atoms with Gasteiger partial charge in [0.05, 0.1) is 0 Å². The van der Waals surface area contributed by atoms with Gasteiger partial charge in [-0.3, -0.25) is 0 Å². The number of esters is 1. The maximum atomic E-state index is 11.2. The highest BCUT2D eigenvalue weighted by atomic mass is 28.4. The molecule has 0 aromatic heterocycles. The van der Waals surface area contributed by atoms with Gasteiger partial charge in [-0.05, 0) is 18.2 Å². The number of allylic oxidation sites excluding steroid dienone is 1. The SMILES string of the molecule is CC=CC(=O)OCO[Si](CC)(OC)c1ccccc1. The average molecular weight is 280 g/mol. The summed E-state index contributed by atoms with van der Waals surface area (Å²) in [6.45, 7) is 3.68. The minimum Gasteiger partial charge on any atom is -0.436 e. The van der Waals surface area contributed by atoms with Gasteiger partial charge in [0.25, 0.3) is 0 Å². The van der Waals surface area contributed by atoms with Crippen molar-refractivity contribution in [3.63, 3.8) is 0 Å². The lowest BCUT2D eigenvalue weighted by molar-refractivity contribution is -0.145. The normalized spacial score (nSPS) is 14.3. The largest absolute Gasteiger partial charge is 0.436 e. The molecule has 0 saturated heterocycles. The molecule has 1 atom stereocenters. The standard InChI is InChI=1S/C14H20O4Si/c1-4-9-14(15)17-12-18-19(5-2,16-3)13-10-7-6-8-11-13/h4,6-11H,5,12H2,1-3H3. The number of rotatable bonds is 7. The second kappa shape index (κ2) is 7.88. The van der Waals surface area contributed by atoms with Gasteiger partial charge in [0.1, 0.15) is 0 Å². The number of ether oxygens (including phenoxy) is 1. The molecule has 0 aliphatic rings. The quantitative estimate of drug-likeness (QED) is 0.332. The monoisotopic (exact) mass is 280 g/mol. The molecule has 0 amide bonds. The molecule has 0 fully saturated rings. The molecule has 5 heteroatoms. The molecule has 0 saturated carbocycles. The molecule has 0 aliphatic heterocycles. The van der Waals surface area contributed by atoms with Crippen molar-refractivity contribution in [3.05, 3.63) is 42.5 Å². The highest BCUT2D eigenvalue weighted by Gasteiger charge is 2.37. The fourth-order valence-electron chi connectivity index (χ4n) is 1.77.